The quantitative estimate of drug-likeness (QED) is 0.198. The highest BCUT2D eigenvalue weighted by molar-refractivity contribution is 5.87. The molecule has 4 amide bonds. The molecule has 1 heterocycles. The van der Waals surface area contributed by atoms with Gasteiger partial charge < -0.3 is 30.7 Å². The molecule has 0 spiro atoms. The highest BCUT2D eigenvalue weighted by Gasteiger charge is 2.35. The van der Waals surface area contributed by atoms with Gasteiger partial charge in [0, 0.05) is 28.7 Å². The topological polar surface area (TPSA) is 120 Å². The number of amides is 4. The third kappa shape index (κ3) is 10.1. The van der Waals surface area contributed by atoms with Crippen molar-refractivity contribution in [1.29, 1.82) is 0 Å². The molecule has 9 heteroatoms. The zero-order valence-corrected chi connectivity index (χ0v) is 26.2. The number of aliphatic hydroxyl groups is 1. The molecule has 0 unspecified atom stereocenters. The van der Waals surface area contributed by atoms with Gasteiger partial charge in [0.1, 0.15) is 11.8 Å². The largest absolute Gasteiger partial charge is 0.484 e. The van der Waals surface area contributed by atoms with Crippen LogP contribution in [-0.4, -0.2) is 71.8 Å². The van der Waals surface area contributed by atoms with E-state index in [2.05, 4.69) is 16.0 Å². The zero-order chi connectivity index (χ0) is 39.9. The first-order valence-corrected chi connectivity index (χ1v) is 15.4. The Balaban J connectivity index is 1.68. The first-order valence-electron chi connectivity index (χ1n) is 19.4. The van der Waals surface area contributed by atoms with Crippen molar-refractivity contribution in [2.75, 3.05) is 19.7 Å². The number of hydrogen-bond donors (Lipinski definition) is 4. The molecular weight excluding hydrogens is 580 g/mol. The number of carbonyl (C=O) groups excluding carboxylic acids is 3. The van der Waals surface area contributed by atoms with E-state index >= 15 is 0 Å². The molecule has 246 valence electrons. The second-order valence-corrected chi connectivity index (χ2v) is 11.5. The Kier molecular flexibility index (Phi) is 9.06. The molecule has 4 rings (SSSR count). The number of rotatable bonds is 15. The van der Waals surface area contributed by atoms with Crippen LogP contribution in [0.1, 0.15) is 59.8 Å². The predicted octanol–water partition coefficient (Wildman–Crippen LogP) is 4.33. The molecule has 3 aromatic carbocycles. The van der Waals surface area contributed by atoms with Crippen LogP contribution in [0.15, 0.2) is 78.9 Å². The Morgan fingerprint density at radius 1 is 1.00 bits per heavy atom. The summed E-state index contributed by atoms with van der Waals surface area (Å²) in [6.07, 6.45) is -1.31. The normalized spacial score (nSPS) is 19.8. The Labute approximate surface area is 284 Å². The van der Waals surface area contributed by atoms with Gasteiger partial charge in [-0.3, -0.25) is 9.59 Å². The molecule has 1 saturated heterocycles. The summed E-state index contributed by atoms with van der Waals surface area (Å²) < 4.78 is 72.8. The van der Waals surface area contributed by atoms with Gasteiger partial charge in [-0.15, -0.1) is 0 Å². The van der Waals surface area contributed by atoms with Crippen LogP contribution in [0.25, 0.3) is 0 Å². The molecule has 1 aliphatic rings. The average Bonchev–Trinajstić information content (AvgIpc) is 3.10. The lowest BCUT2D eigenvalue weighted by atomic mass is 9.92. The molecule has 4 atom stereocenters. The molecule has 1 fully saturated rings. The maximum Gasteiger partial charge on any atom is 0.318 e. The summed E-state index contributed by atoms with van der Waals surface area (Å²) in [5.74, 6) is -5.33. The third-order valence-electron chi connectivity index (χ3n) is 7.79. The van der Waals surface area contributed by atoms with Crippen molar-refractivity contribution in [3.63, 3.8) is 0 Å². The van der Waals surface area contributed by atoms with Crippen LogP contribution in [0.5, 0.6) is 5.75 Å². The molecule has 0 saturated carbocycles. The molecule has 0 radical (unpaired) electrons. The molecule has 0 aliphatic carbocycles. The molecular formula is C37H48N4O5. The number of aliphatic hydroxyl groups excluding tert-OH is 1. The van der Waals surface area contributed by atoms with Crippen LogP contribution in [0.2, 0.25) is 0 Å². The van der Waals surface area contributed by atoms with E-state index in [9.17, 15) is 20.9 Å². The van der Waals surface area contributed by atoms with Crippen LogP contribution in [0, 0.1) is 19.7 Å². The fourth-order valence-corrected chi connectivity index (χ4v) is 5.52. The van der Waals surface area contributed by atoms with Gasteiger partial charge in [-0.2, -0.15) is 0 Å². The van der Waals surface area contributed by atoms with Gasteiger partial charge in [-0.05, 0) is 68.2 Å². The number of benzene rings is 3. The number of ether oxygens (including phenoxy) is 1. The summed E-state index contributed by atoms with van der Waals surface area (Å²) in [6.45, 7) is -4.29. The van der Waals surface area contributed by atoms with Gasteiger partial charge >= 0.3 is 6.03 Å². The SMILES string of the molecule is [2H]C([2H])([2H])C([2H])(C([2H])([2H])[2H])[C@]([2H])(C(=O)N[C@@H](Cc1ccccc1)C[C@H](O)[C@H](Cc1ccccc1)NC(=O)COc1ccc(C)cc1C)N1CCCNC1=O. The Morgan fingerprint density at radius 2 is 1.67 bits per heavy atom. The van der Waals surface area contributed by atoms with Crippen LogP contribution in [-0.2, 0) is 22.4 Å². The van der Waals surface area contributed by atoms with E-state index < -0.39 is 61.6 Å². The van der Waals surface area contributed by atoms with Crippen molar-refractivity contribution in [3.8, 4) is 5.75 Å². The van der Waals surface area contributed by atoms with E-state index in [-0.39, 0.29) is 45.4 Å². The number of nitrogens with one attached hydrogen (secondary N) is 3. The van der Waals surface area contributed by atoms with Gasteiger partial charge in [0.15, 0.2) is 6.61 Å². The number of nitrogens with zero attached hydrogens (tertiary/aromatic N) is 1. The van der Waals surface area contributed by atoms with E-state index in [1.54, 1.807) is 48.5 Å². The summed E-state index contributed by atoms with van der Waals surface area (Å²) in [5.41, 5.74) is 3.30. The first-order chi connectivity index (χ1) is 25.3. The van der Waals surface area contributed by atoms with Gasteiger partial charge in [0.05, 0.1) is 13.5 Å². The molecule has 0 aromatic heterocycles. The summed E-state index contributed by atoms with van der Waals surface area (Å²) in [6, 6.07) is 16.7. The second kappa shape index (κ2) is 16.8. The first kappa shape index (κ1) is 24.8. The Morgan fingerprint density at radius 3 is 2.30 bits per heavy atom. The highest BCUT2D eigenvalue weighted by Crippen LogP contribution is 2.20. The molecule has 3 aromatic rings. The lowest BCUT2D eigenvalue weighted by molar-refractivity contribution is -0.128. The average molecular weight is 637 g/mol. The van der Waals surface area contributed by atoms with Crippen molar-refractivity contribution in [1.82, 2.24) is 20.9 Å². The smallest absolute Gasteiger partial charge is 0.318 e. The van der Waals surface area contributed by atoms with Crippen molar-refractivity contribution in [2.45, 2.75) is 77.4 Å². The van der Waals surface area contributed by atoms with E-state index in [4.69, 9.17) is 14.3 Å². The fraction of sp³-hybridized carbons (Fsp3) is 0.432. The van der Waals surface area contributed by atoms with Crippen LogP contribution in [0.3, 0.4) is 0 Å². The van der Waals surface area contributed by atoms with Gasteiger partial charge in [0.25, 0.3) is 5.91 Å². The zero-order valence-electron chi connectivity index (χ0n) is 34.2. The van der Waals surface area contributed by atoms with E-state index in [0.29, 0.717) is 16.2 Å². The standard InChI is InChI=1S/C37H48N4O5/c1-25(2)35(41-19-11-18-38-37(41)45)36(44)39-30(21-28-12-7-5-8-13-28)23-32(42)31(22-29-14-9-6-10-15-29)40-34(43)24-46-33-17-16-26(3)20-27(33)4/h5-10,12-17,20,25,30-32,35,42H,11,18-19,21-24H2,1-4H3,(H,38,45)(H,39,44)(H,40,43)/t30-,31-,32-,35+/m0/s1/i1D3,2D3,25D,35D. The van der Waals surface area contributed by atoms with Gasteiger partial charge in [0.2, 0.25) is 5.91 Å². The Bertz CT molecular complexity index is 1730. The maximum atomic E-state index is 14.4. The van der Waals surface area contributed by atoms with Crippen LogP contribution >= 0.6 is 0 Å². The minimum atomic E-state index is -3.80. The van der Waals surface area contributed by atoms with E-state index in [1.165, 1.54) is 0 Å². The number of urea groups is 1. The minimum Gasteiger partial charge on any atom is -0.484 e. The third-order valence-corrected chi connectivity index (χ3v) is 7.79. The number of carbonyl (C=O) groups is 3. The summed E-state index contributed by atoms with van der Waals surface area (Å²) in [4.78, 5) is 41.3. The monoisotopic (exact) mass is 636 g/mol. The molecule has 0 bridgehead atoms. The number of aryl methyl sites for hydroxylation is 2. The molecule has 46 heavy (non-hydrogen) atoms. The van der Waals surface area contributed by atoms with Crippen LogP contribution < -0.4 is 20.7 Å². The molecule has 9 nitrogen and oxygen atoms in total. The molecule has 1 aliphatic heterocycles. The van der Waals surface area contributed by atoms with Crippen molar-refractivity contribution < 1.29 is 35.2 Å². The van der Waals surface area contributed by atoms with E-state index in [0.717, 1.165) is 16.7 Å². The van der Waals surface area contributed by atoms with Crippen molar-refractivity contribution in [3.05, 3.63) is 101 Å². The van der Waals surface area contributed by atoms with Crippen molar-refractivity contribution >= 4 is 17.8 Å². The summed E-state index contributed by atoms with van der Waals surface area (Å²) >= 11 is 0. The van der Waals surface area contributed by atoms with E-state index in [1.807, 2.05) is 44.2 Å². The number of hydrogen-bond acceptors (Lipinski definition) is 5. The fourth-order valence-electron chi connectivity index (χ4n) is 5.52. The van der Waals surface area contributed by atoms with Gasteiger partial charge in [-0.25, -0.2) is 4.79 Å². The lowest BCUT2D eigenvalue weighted by Crippen LogP contribution is -2.59. The molecule has 4 N–H and O–H groups in total. The lowest BCUT2D eigenvalue weighted by Gasteiger charge is -2.37. The van der Waals surface area contributed by atoms with Crippen LogP contribution in [0.4, 0.5) is 4.79 Å². The summed E-state index contributed by atoms with van der Waals surface area (Å²) in [5, 5.41) is 19.6. The predicted molar refractivity (Wildman–Crippen MR) is 180 cm³/mol. The van der Waals surface area contributed by atoms with Gasteiger partial charge in [-0.1, -0.05) is 92.1 Å². The maximum absolute atomic E-state index is 14.4. The second-order valence-electron chi connectivity index (χ2n) is 11.5. The summed E-state index contributed by atoms with van der Waals surface area (Å²) in [7, 11) is 0. The Hall–Kier alpha value is -4.37. The minimum absolute atomic E-state index is 0.0142. The highest BCUT2D eigenvalue weighted by atomic mass is 16.5. The van der Waals surface area contributed by atoms with Crippen molar-refractivity contribution in [2.24, 2.45) is 5.89 Å².